The van der Waals surface area contributed by atoms with Crippen molar-refractivity contribution < 1.29 is 14.4 Å². The smallest absolute Gasteiger partial charge is 0.253 e. The predicted molar refractivity (Wildman–Crippen MR) is 98.4 cm³/mol. The summed E-state index contributed by atoms with van der Waals surface area (Å²) in [6, 6.07) is 9.40. The van der Waals surface area contributed by atoms with Gasteiger partial charge in [-0.1, -0.05) is 18.2 Å². The van der Waals surface area contributed by atoms with Gasteiger partial charge in [-0.2, -0.15) is 0 Å². The largest absolute Gasteiger partial charge is 0.355 e. The molecular weight excluding hydrogens is 330 g/mol. The molecule has 3 rings (SSSR count). The van der Waals surface area contributed by atoms with Crippen LogP contribution in [-0.2, 0) is 9.59 Å². The Hall–Kier alpha value is -2.37. The molecule has 2 saturated heterocycles. The van der Waals surface area contributed by atoms with Gasteiger partial charge in [-0.25, -0.2) is 0 Å². The van der Waals surface area contributed by atoms with Crippen LogP contribution in [0.5, 0.6) is 0 Å². The molecule has 6 nitrogen and oxygen atoms in total. The van der Waals surface area contributed by atoms with Crippen LogP contribution in [0.4, 0.5) is 0 Å². The molecule has 1 N–H and O–H groups in total. The maximum Gasteiger partial charge on any atom is 0.253 e. The molecule has 2 aliphatic rings. The normalized spacial score (nSPS) is 23.2. The van der Waals surface area contributed by atoms with Gasteiger partial charge in [0.15, 0.2) is 0 Å². The third kappa shape index (κ3) is 4.42. The summed E-state index contributed by atoms with van der Waals surface area (Å²) in [6.07, 6.45) is 2.35. The van der Waals surface area contributed by atoms with E-state index in [4.69, 9.17) is 0 Å². The summed E-state index contributed by atoms with van der Waals surface area (Å²) in [5.74, 6) is 0.906. The first-order chi connectivity index (χ1) is 12.5. The maximum atomic E-state index is 12.7. The molecule has 2 fully saturated rings. The summed E-state index contributed by atoms with van der Waals surface area (Å²) in [5.41, 5.74) is 0.729. The van der Waals surface area contributed by atoms with Gasteiger partial charge in [-0.15, -0.1) is 0 Å². The molecule has 0 saturated carbocycles. The summed E-state index contributed by atoms with van der Waals surface area (Å²) in [7, 11) is 0. The van der Waals surface area contributed by atoms with Crippen molar-refractivity contribution in [3.8, 4) is 0 Å². The molecule has 1 aromatic rings. The Bertz CT molecular complexity index is 662. The minimum absolute atomic E-state index is 0.0731. The first-order valence-corrected chi connectivity index (χ1v) is 9.41. The zero-order chi connectivity index (χ0) is 18.5. The van der Waals surface area contributed by atoms with Crippen LogP contribution >= 0.6 is 0 Å². The van der Waals surface area contributed by atoms with Crippen molar-refractivity contribution in [2.75, 3.05) is 32.7 Å². The molecule has 140 valence electrons. The number of piperidine rings is 1. The number of rotatable bonds is 4. The number of fused-ring (bicyclic) bond motifs is 1. The van der Waals surface area contributed by atoms with E-state index in [0.29, 0.717) is 44.4 Å². The Labute approximate surface area is 154 Å². The fraction of sp³-hybridized carbons (Fsp3) is 0.550. The van der Waals surface area contributed by atoms with Gasteiger partial charge in [0.05, 0.1) is 0 Å². The van der Waals surface area contributed by atoms with Crippen LogP contribution in [0, 0.1) is 11.8 Å². The maximum absolute atomic E-state index is 12.7. The second kappa shape index (κ2) is 8.34. The molecule has 2 atom stereocenters. The predicted octanol–water partition coefficient (Wildman–Crippen LogP) is 1.52. The number of likely N-dealkylation sites (tertiary alicyclic amines) is 2. The van der Waals surface area contributed by atoms with Crippen molar-refractivity contribution in [1.82, 2.24) is 15.1 Å². The quantitative estimate of drug-likeness (QED) is 0.888. The number of benzene rings is 1. The SMILES string of the molecule is CC(=O)NCCN1CC[C@@H]2CN(C(=O)c3ccccc3)CC[C@H]2CC1=O. The molecule has 0 aromatic heterocycles. The lowest BCUT2D eigenvalue weighted by Gasteiger charge is -2.37. The van der Waals surface area contributed by atoms with Gasteiger partial charge in [0.25, 0.3) is 5.91 Å². The monoisotopic (exact) mass is 357 g/mol. The number of nitrogens with one attached hydrogen (secondary N) is 1. The molecular formula is C20H27N3O3. The highest BCUT2D eigenvalue weighted by Gasteiger charge is 2.36. The van der Waals surface area contributed by atoms with Crippen LogP contribution in [0.3, 0.4) is 0 Å². The second-order valence-corrected chi connectivity index (χ2v) is 7.28. The topological polar surface area (TPSA) is 69.7 Å². The van der Waals surface area contributed by atoms with E-state index in [1.54, 1.807) is 0 Å². The number of carbonyl (C=O) groups is 3. The van der Waals surface area contributed by atoms with Crippen molar-refractivity contribution in [1.29, 1.82) is 0 Å². The third-order valence-corrected chi connectivity index (χ3v) is 5.51. The summed E-state index contributed by atoms with van der Waals surface area (Å²) >= 11 is 0. The number of amides is 3. The van der Waals surface area contributed by atoms with Gasteiger partial charge in [0.2, 0.25) is 11.8 Å². The fourth-order valence-electron chi connectivity index (χ4n) is 4.03. The number of hydrogen-bond acceptors (Lipinski definition) is 3. The minimum Gasteiger partial charge on any atom is -0.355 e. The Balaban J connectivity index is 1.58. The van der Waals surface area contributed by atoms with Crippen LogP contribution in [0.25, 0.3) is 0 Å². The van der Waals surface area contributed by atoms with E-state index < -0.39 is 0 Å². The van der Waals surface area contributed by atoms with Crippen molar-refractivity contribution >= 4 is 17.7 Å². The molecule has 0 unspecified atom stereocenters. The lowest BCUT2D eigenvalue weighted by atomic mass is 9.82. The van der Waals surface area contributed by atoms with Crippen LogP contribution in [0.2, 0.25) is 0 Å². The average molecular weight is 357 g/mol. The van der Waals surface area contributed by atoms with Crippen molar-refractivity contribution in [3.05, 3.63) is 35.9 Å². The fourth-order valence-corrected chi connectivity index (χ4v) is 4.03. The van der Waals surface area contributed by atoms with Crippen LogP contribution in [-0.4, -0.2) is 60.2 Å². The van der Waals surface area contributed by atoms with E-state index in [9.17, 15) is 14.4 Å². The highest BCUT2D eigenvalue weighted by molar-refractivity contribution is 5.94. The highest BCUT2D eigenvalue weighted by atomic mass is 16.2. The number of carbonyl (C=O) groups excluding carboxylic acids is 3. The van der Waals surface area contributed by atoms with Gasteiger partial charge < -0.3 is 15.1 Å². The zero-order valence-electron chi connectivity index (χ0n) is 15.3. The van der Waals surface area contributed by atoms with Crippen molar-refractivity contribution in [2.24, 2.45) is 11.8 Å². The Morgan fingerprint density at radius 2 is 1.85 bits per heavy atom. The summed E-state index contributed by atoms with van der Waals surface area (Å²) in [5, 5.41) is 2.75. The van der Waals surface area contributed by atoms with Crippen LogP contribution in [0.15, 0.2) is 30.3 Å². The summed E-state index contributed by atoms with van der Waals surface area (Å²) in [6.45, 7) is 4.68. The molecule has 0 aliphatic carbocycles. The number of hydrogen-bond donors (Lipinski definition) is 1. The van der Waals surface area contributed by atoms with Gasteiger partial charge in [-0.05, 0) is 36.8 Å². The molecule has 6 heteroatoms. The average Bonchev–Trinajstić information content (AvgIpc) is 2.80. The van der Waals surface area contributed by atoms with E-state index in [2.05, 4.69) is 5.32 Å². The van der Waals surface area contributed by atoms with E-state index in [0.717, 1.165) is 24.9 Å². The summed E-state index contributed by atoms with van der Waals surface area (Å²) < 4.78 is 0. The Morgan fingerprint density at radius 1 is 1.12 bits per heavy atom. The van der Waals surface area contributed by atoms with E-state index in [1.807, 2.05) is 40.1 Å². The molecule has 1 aromatic carbocycles. The molecule has 0 spiro atoms. The van der Waals surface area contributed by atoms with Gasteiger partial charge in [0, 0.05) is 51.6 Å². The zero-order valence-corrected chi connectivity index (χ0v) is 15.3. The molecule has 0 bridgehead atoms. The Morgan fingerprint density at radius 3 is 2.58 bits per heavy atom. The molecule has 0 radical (unpaired) electrons. The highest BCUT2D eigenvalue weighted by Crippen LogP contribution is 2.32. The van der Waals surface area contributed by atoms with E-state index in [1.165, 1.54) is 6.92 Å². The van der Waals surface area contributed by atoms with E-state index >= 15 is 0 Å². The lowest BCUT2D eigenvalue weighted by Crippen LogP contribution is -2.43. The Kier molecular flexibility index (Phi) is 5.91. The molecule has 2 heterocycles. The summed E-state index contributed by atoms with van der Waals surface area (Å²) in [4.78, 5) is 40.0. The second-order valence-electron chi connectivity index (χ2n) is 7.28. The van der Waals surface area contributed by atoms with Gasteiger partial charge >= 0.3 is 0 Å². The standard InChI is InChI=1S/C20H27N3O3/c1-15(24)21-9-12-22-10-8-18-14-23(11-7-17(18)13-19(22)25)20(26)16-5-3-2-4-6-16/h2-6,17-18H,7-14H2,1H3,(H,21,24)/t17-,18+/m0/s1. The molecule has 3 amide bonds. The van der Waals surface area contributed by atoms with Gasteiger partial charge in [-0.3, -0.25) is 14.4 Å². The molecule has 2 aliphatic heterocycles. The first-order valence-electron chi connectivity index (χ1n) is 9.41. The van der Waals surface area contributed by atoms with Crippen molar-refractivity contribution in [3.63, 3.8) is 0 Å². The molecule has 26 heavy (non-hydrogen) atoms. The number of nitrogens with zero attached hydrogens (tertiary/aromatic N) is 2. The lowest BCUT2D eigenvalue weighted by molar-refractivity contribution is -0.132. The van der Waals surface area contributed by atoms with Crippen molar-refractivity contribution in [2.45, 2.75) is 26.2 Å². The third-order valence-electron chi connectivity index (χ3n) is 5.51. The first kappa shape index (κ1) is 18.4. The van der Waals surface area contributed by atoms with Crippen LogP contribution in [0.1, 0.15) is 36.5 Å². The van der Waals surface area contributed by atoms with Crippen LogP contribution < -0.4 is 5.32 Å². The minimum atomic E-state index is -0.0731. The van der Waals surface area contributed by atoms with Gasteiger partial charge in [0.1, 0.15) is 0 Å². The van der Waals surface area contributed by atoms with E-state index in [-0.39, 0.29) is 17.7 Å².